The standard InChI is InChI=1S/C19H15ClN6O/c1-26-11-15(10-23-26)24-18-7-14(4-3-13(18)9-22)25-19(27)16-5-2-12(8-21)6-17(16)20/h2-7,9-11,22,24H,1H3,(H,25,27). The Bertz CT molecular complexity index is 1070. The average molecular weight is 379 g/mol. The van der Waals surface area contributed by atoms with E-state index in [1.807, 2.05) is 6.07 Å². The third kappa shape index (κ3) is 4.14. The second-order valence-corrected chi connectivity index (χ2v) is 6.14. The summed E-state index contributed by atoms with van der Waals surface area (Å²) in [6.07, 6.45) is 4.69. The first kappa shape index (κ1) is 18.2. The number of hydrogen-bond donors (Lipinski definition) is 3. The van der Waals surface area contributed by atoms with Crippen LogP contribution < -0.4 is 10.6 Å². The Labute approximate surface area is 160 Å². The van der Waals surface area contributed by atoms with Crippen molar-refractivity contribution in [3.05, 3.63) is 70.5 Å². The third-order valence-electron chi connectivity index (χ3n) is 3.79. The van der Waals surface area contributed by atoms with Gasteiger partial charge in [0.15, 0.2) is 0 Å². The number of amides is 1. The summed E-state index contributed by atoms with van der Waals surface area (Å²) in [5, 5.41) is 26.7. The molecular weight excluding hydrogens is 364 g/mol. The van der Waals surface area contributed by atoms with Crippen molar-refractivity contribution in [3.8, 4) is 6.07 Å². The molecule has 27 heavy (non-hydrogen) atoms. The molecule has 0 spiro atoms. The molecule has 3 N–H and O–H groups in total. The van der Waals surface area contributed by atoms with Gasteiger partial charge in [-0.2, -0.15) is 10.4 Å². The van der Waals surface area contributed by atoms with Gasteiger partial charge in [-0.15, -0.1) is 0 Å². The lowest BCUT2D eigenvalue weighted by molar-refractivity contribution is 0.102. The normalized spacial score (nSPS) is 10.1. The number of nitrogens with zero attached hydrogens (tertiary/aromatic N) is 3. The summed E-state index contributed by atoms with van der Waals surface area (Å²) in [7, 11) is 1.81. The number of carbonyl (C=O) groups is 1. The van der Waals surface area contributed by atoms with E-state index in [9.17, 15) is 4.79 Å². The van der Waals surface area contributed by atoms with Crippen molar-refractivity contribution in [1.82, 2.24) is 9.78 Å². The first-order valence-corrected chi connectivity index (χ1v) is 8.29. The van der Waals surface area contributed by atoms with Gasteiger partial charge in [-0.3, -0.25) is 9.48 Å². The fourth-order valence-electron chi connectivity index (χ4n) is 2.48. The van der Waals surface area contributed by atoms with Gasteiger partial charge in [-0.25, -0.2) is 0 Å². The van der Waals surface area contributed by atoms with E-state index in [4.69, 9.17) is 22.3 Å². The first-order chi connectivity index (χ1) is 13.0. The number of aromatic nitrogens is 2. The molecule has 0 aliphatic rings. The van der Waals surface area contributed by atoms with E-state index in [1.54, 1.807) is 42.3 Å². The number of aryl methyl sites for hydroxylation is 1. The Morgan fingerprint density at radius 3 is 2.74 bits per heavy atom. The Kier molecular flexibility index (Phi) is 5.20. The van der Waals surface area contributed by atoms with Crippen molar-refractivity contribution in [1.29, 1.82) is 10.7 Å². The molecule has 3 aromatic rings. The highest BCUT2D eigenvalue weighted by Gasteiger charge is 2.12. The zero-order valence-electron chi connectivity index (χ0n) is 14.3. The molecular formula is C19H15ClN6O. The Hall–Kier alpha value is -3.63. The van der Waals surface area contributed by atoms with Crippen molar-refractivity contribution in [3.63, 3.8) is 0 Å². The molecule has 2 aromatic carbocycles. The van der Waals surface area contributed by atoms with E-state index in [0.717, 1.165) is 5.69 Å². The van der Waals surface area contributed by atoms with Gasteiger partial charge in [0.05, 0.1) is 34.1 Å². The van der Waals surface area contributed by atoms with Crippen molar-refractivity contribution in [2.24, 2.45) is 7.05 Å². The molecule has 0 bridgehead atoms. The number of hydrogen-bond acceptors (Lipinski definition) is 5. The number of benzene rings is 2. The first-order valence-electron chi connectivity index (χ1n) is 7.91. The van der Waals surface area contributed by atoms with Crippen LogP contribution in [0.5, 0.6) is 0 Å². The van der Waals surface area contributed by atoms with Gasteiger partial charge in [0.25, 0.3) is 5.91 Å². The van der Waals surface area contributed by atoms with Crippen molar-refractivity contribution < 1.29 is 4.79 Å². The number of carbonyl (C=O) groups excluding carboxylic acids is 1. The van der Waals surface area contributed by atoms with Crippen LogP contribution in [0, 0.1) is 16.7 Å². The van der Waals surface area contributed by atoms with Gasteiger partial charge in [0.2, 0.25) is 0 Å². The molecule has 0 saturated heterocycles. The van der Waals surface area contributed by atoms with Crippen LogP contribution in [0.4, 0.5) is 17.1 Å². The quantitative estimate of drug-likeness (QED) is 0.584. The summed E-state index contributed by atoms with van der Waals surface area (Å²) in [4.78, 5) is 12.5. The van der Waals surface area contributed by atoms with Crippen LogP contribution >= 0.6 is 11.6 Å². The average Bonchev–Trinajstić information content (AvgIpc) is 3.06. The third-order valence-corrected chi connectivity index (χ3v) is 4.11. The highest BCUT2D eigenvalue weighted by atomic mass is 35.5. The van der Waals surface area contributed by atoms with E-state index >= 15 is 0 Å². The summed E-state index contributed by atoms with van der Waals surface area (Å²) in [6.45, 7) is 0. The molecule has 0 atom stereocenters. The van der Waals surface area contributed by atoms with E-state index < -0.39 is 0 Å². The Balaban J connectivity index is 1.84. The van der Waals surface area contributed by atoms with Crippen LogP contribution in [0.3, 0.4) is 0 Å². The minimum atomic E-state index is -0.389. The maximum atomic E-state index is 12.5. The zero-order valence-corrected chi connectivity index (χ0v) is 15.1. The lowest BCUT2D eigenvalue weighted by Gasteiger charge is -2.12. The topological polar surface area (TPSA) is 107 Å². The molecule has 0 radical (unpaired) electrons. The molecule has 0 unspecified atom stereocenters. The maximum absolute atomic E-state index is 12.5. The van der Waals surface area contributed by atoms with Gasteiger partial charge in [-0.05, 0) is 36.4 Å². The molecule has 1 heterocycles. The zero-order chi connectivity index (χ0) is 19.4. The SMILES string of the molecule is Cn1cc(Nc2cc(NC(=O)c3ccc(C#N)cc3Cl)ccc2C=N)cn1. The summed E-state index contributed by atoms with van der Waals surface area (Å²) in [5.74, 6) is -0.389. The Morgan fingerprint density at radius 2 is 2.11 bits per heavy atom. The number of nitrogens with one attached hydrogen (secondary N) is 3. The van der Waals surface area contributed by atoms with Gasteiger partial charge >= 0.3 is 0 Å². The lowest BCUT2D eigenvalue weighted by atomic mass is 10.1. The molecule has 0 aliphatic heterocycles. The predicted molar refractivity (Wildman–Crippen MR) is 105 cm³/mol. The van der Waals surface area contributed by atoms with E-state index in [2.05, 4.69) is 15.7 Å². The monoisotopic (exact) mass is 378 g/mol. The minimum absolute atomic E-state index is 0.205. The molecule has 7 nitrogen and oxygen atoms in total. The number of anilines is 3. The largest absolute Gasteiger partial charge is 0.352 e. The number of halogens is 1. The maximum Gasteiger partial charge on any atom is 0.257 e. The van der Waals surface area contributed by atoms with E-state index in [1.165, 1.54) is 24.4 Å². The minimum Gasteiger partial charge on any atom is -0.352 e. The predicted octanol–water partition coefficient (Wildman–Crippen LogP) is 3.94. The highest BCUT2D eigenvalue weighted by molar-refractivity contribution is 6.34. The van der Waals surface area contributed by atoms with Crippen LogP contribution in [0.1, 0.15) is 21.5 Å². The summed E-state index contributed by atoms with van der Waals surface area (Å²) in [6, 6.07) is 11.6. The molecule has 0 fully saturated rings. The van der Waals surface area contributed by atoms with Crippen LogP contribution in [0.25, 0.3) is 0 Å². The van der Waals surface area contributed by atoms with E-state index in [0.29, 0.717) is 22.5 Å². The molecule has 1 aromatic heterocycles. The fraction of sp³-hybridized carbons (Fsp3) is 0.0526. The molecule has 8 heteroatoms. The second kappa shape index (κ2) is 7.72. The second-order valence-electron chi connectivity index (χ2n) is 5.73. The molecule has 1 amide bonds. The molecule has 0 aliphatic carbocycles. The molecule has 0 saturated carbocycles. The van der Waals surface area contributed by atoms with Gasteiger partial charge < -0.3 is 16.0 Å². The van der Waals surface area contributed by atoms with Gasteiger partial charge in [-0.1, -0.05) is 11.6 Å². The summed E-state index contributed by atoms with van der Waals surface area (Å²) in [5.41, 5.74) is 3.27. The van der Waals surface area contributed by atoms with Gasteiger partial charge in [0.1, 0.15) is 0 Å². The van der Waals surface area contributed by atoms with Crippen molar-refractivity contribution in [2.45, 2.75) is 0 Å². The molecule has 134 valence electrons. The van der Waals surface area contributed by atoms with Crippen molar-refractivity contribution in [2.75, 3.05) is 10.6 Å². The van der Waals surface area contributed by atoms with Crippen LogP contribution in [0.2, 0.25) is 5.02 Å². The summed E-state index contributed by atoms with van der Waals surface area (Å²) < 4.78 is 1.66. The molecule has 3 rings (SSSR count). The van der Waals surface area contributed by atoms with Gasteiger partial charge in [0, 0.05) is 36.4 Å². The van der Waals surface area contributed by atoms with Crippen LogP contribution in [-0.4, -0.2) is 21.9 Å². The fourth-order valence-corrected chi connectivity index (χ4v) is 2.74. The summed E-state index contributed by atoms with van der Waals surface area (Å²) >= 11 is 6.09. The van der Waals surface area contributed by atoms with Crippen molar-refractivity contribution >= 4 is 40.8 Å². The number of rotatable bonds is 5. The smallest absolute Gasteiger partial charge is 0.257 e. The lowest BCUT2D eigenvalue weighted by Crippen LogP contribution is -2.13. The number of nitriles is 1. The van der Waals surface area contributed by atoms with E-state index in [-0.39, 0.29) is 16.5 Å². The van der Waals surface area contributed by atoms with Crippen LogP contribution in [-0.2, 0) is 7.05 Å². The highest BCUT2D eigenvalue weighted by Crippen LogP contribution is 2.25. The Morgan fingerprint density at radius 1 is 1.30 bits per heavy atom. The van der Waals surface area contributed by atoms with Crippen LogP contribution in [0.15, 0.2) is 48.8 Å².